The molecule has 22 heavy (non-hydrogen) atoms. The lowest BCUT2D eigenvalue weighted by atomic mass is 9.92. The third-order valence-electron chi connectivity index (χ3n) is 2.95. The quantitative estimate of drug-likeness (QED) is 0.511. The topological polar surface area (TPSA) is 18.5 Å². The Kier molecular flexibility index (Phi) is 7.99. The summed E-state index contributed by atoms with van der Waals surface area (Å²) < 4.78 is 12.6. The van der Waals surface area contributed by atoms with Gasteiger partial charge in [-0.1, -0.05) is 41.5 Å². The van der Waals surface area contributed by atoms with Gasteiger partial charge in [-0.15, -0.1) is 11.8 Å². The zero-order valence-electron chi connectivity index (χ0n) is 16.9. The van der Waals surface area contributed by atoms with Crippen LogP contribution in [0.5, 0.6) is 0 Å². The maximum absolute atomic E-state index is 6.49. The number of rotatable bonds is 7. The van der Waals surface area contributed by atoms with Gasteiger partial charge in [0.1, 0.15) is 5.44 Å². The number of hydrogen-bond donors (Lipinski definition) is 0. The molecule has 0 rings (SSSR count). The van der Waals surface area contributed by atoms with Crippen molar-refractivity contribution in [2.75, 3.05) is 6.61 Å². The standard InChI is InChI=1S/C19H40O2S/c1-16(2,3)14-15(22-18(7,8)9)21-19(10,11)12-13-20-17(4,5)6/h15H,12-14H2,1-11H3. The molecule has 0 saturated carbocycles. The SMILES string of the molecule is CC(C)(C)CC(OC(C)(C)CCOC(C)(C)C)SC(C)(C)C. The molecule has 0 heterocycles. The van der Waals surface area contributed by atoms with Gasteiger partial charge in [0.25, 0.3) is 0 Å². The molecular weight excluding hydrogens is 292 g/mol. The zero-order chi connectivity index (χ0) is 17.8. The van der Waals surface area contributed by atoms with Crippen LogP contribution in [0.4, 0.5) is 0 Å². The molecule has 0 aliphatic heterocycles. The molecule has 134 valence electrons. The van der Waals surface area contributed by atoms with Crippen LogP contribution in [0.1, 0.15) is 89.0 Å². The molecule has 0 aliphatic carbocycles. The predicted octanol–water partition coefficient (Wildman–Crippen LogP) is 6.28. The summed E-state index contributed by atoms with van der Waals surface area (Å²) in [5.74, 6) is 0. The van der Waals surface area contributed by atoms with Crippen LogP contribution in [0.2, 0.25) is 0 Å². The summed E-state index contributed by atoms with van der Waals surface area (Å²) in [5, 5.41) is 0. The van der Waals surface area contributed by atoms with Crippen LogP contribution >= 0.6 is 11.8 Å². The Labute approximate surface area is 144 Å². The molecule has 2 nitrogen and oxygen atoms in total. The van der Waals surface area contributed by atoms with E-state index in [1.165, 1.54) is 0 Å². The van der Waals surface area contributed by atoms with Crippen molar-refractivity contribution in [2.24, 2.45) is 5.41 Å². The molecule has 0 aromatic carbocycles. The third-order valence-corrected chi connectivity index (χ3v) is 4.19. The van der Waals surface area contributed by atoms with Crippen LogP contribution in [0, 0.1) is 5.41 Å². The second kappa shape index (κ2) is 7.90. The summed E-state index contributed by atoms with van der Waals surface area (Å²) in [6, 6.07) is 0. The Morgan fingerprint density at radius 1 is 0.818 bits per heavy atom. The summed E-state index contributed by atoms with van der Waals surface area (Å²) in [7, 11) is 0. The van der Waals surface area contributed by atoms with E-state index in [4.69, 9.17) is 9.47 Å². The van der Waals surface area contributed by atoms with Crippen molar-refractivity contribution in [3.8, 4) is 0 Å². The number of thioether (sulfide) groups is 1. The van der Waals surface area contributed by atoms with Crippen molar-refractivity contribution in [3.05, 3.63) is 0 Å². The molecule has 0 N–H and O–H groups in total. The highest BCUT2D eigenvalue weighted by Crippen LogP contribution is 2.38. The average molecular weight is 333 g/mol. The lowest BCUT2D eigenvalue weighted by Gasteiger charge is -2.37. The third kappa shape index (κ3) is 13.9. The molecular formula is C19H40O2S. The van der Waals surface area contributed by atoms with Crippen LogP contribution in [0.25, 0.3) is 0 Å². The van der Waals surface area contributed by atoms with Crippen molar-refractivity contribution in [1.29, 1.82) is 0 Å². The van der Waals surface area contributed by atoms with E-state index in [1.54, 1.807) is 0 Å². The molecule has 0 fully saturated rings. The molecule has 0 radical (unpaired) electrons. The van der Waals surface area contributed by atoms with Crippen LogP contribution in [-0.2, 0) is 9.47 Å². The minimum absolute atomic E-state index is 0.0823. The van der Waals surface area contributed by atoms with Gasteiger partial charge in [-0.2, -0.15) is 0 Å². The van der Waals surface area contributed by atoms with Crippen molar-refractivity contribution in [3.63, 3.8) is 0 Å². The van der Waals surface area contributed by atoms with Gasteiger partial charge >= 0.3 is 0 Å². The van der Waals surface area contributed by atoms with Gasteiger partial charge in [0.15, 0.2) is 0 Å². The Morgan fingerprint density at radius 2 is 1.32 bits per heavy atom. The summed E-state index contributed by atoms with van der Waals surface area (Å²) in [4.78, 5) is 0. The second-order valence-corrected chi connectivity index (χ2v) is 12.0. The molecule has 0 aromatic heterocycles. The van der Waals surface area contributed by atoms with E-state index in [2.05, 4.69) is 76.2 Å². The predicted molar refractivity (Wildman–Crippen MR) is 101 cm³/mol. The van der Waals surface area contributed by atoms with Gasteiger partial charge in [-0.3, -0.25) is 0 Å². The Bertz CT molecular complexity index is 300. The summed E-state index contributed by atoms with van der Waals surface area (Å²) in [6.07, 6.45) is 1.97. The highest BCUT2D eigenvalue weighted by Gasteiger charge is 2.30. The van der Waals surface area contributed by atoms with Gasteiger partial charge in [0, 0.05) is 11.4 Å². The molecule has 0 bridgehead atoms. The van der Waals surface area contributed by atoms with Crippen molar-refractivity contribution in [1.82, 2.24) is 0 Å². The van der Waals surface area contributed by atoms with E-state index in [1.807, 2.05) is 11.8 Å². The zero-order valence-corrected chi connectivity index (χ0v) is 17.7. The molecule has 0 amide bonds. The first kappa shape index (κ1) is 22.3. The summed E-state index contributed by atoms with van der Waals surface area (Å²) in [6.45, 7) is 25.0. The minimum atomic E-state index is -0.167. The van der Waals surface area contributed by atoms with Crippen molar-refractivity contribution < 1.29 is 9.47 Å². The fourth-order valence-electron chi connectivity index (χ4n) is 2.02. The highest BCUT2D eigenvalue weighted by atomic mass is 32.2. The molecule has 0 aliphatic rings. The normalized spacial score (nSPS) is 16.0. The number of hydrogen-bond acceptors (Lipinski definition) is 3. The van der Waals surface area contributed by atoms with Crippen LogP contribution in [0.3, 0.4) is 0 Å². The first-order chi connectivity index (χ1) is 9.49. The van der Waals surface area contributed by atoms with E-state index in [0.29, 0.717) is 0 Å². The van der Waals surface area contributed by atoms with E-state index in [-0.39, 0.29) is 26.8 Å². The molecule has 0 spiro atoms. The van der Waals surface area contributed by atoms with E-state index in [9.17, 15) is 0 Å². The molecule has 1 atom stereocenters. The number of ether oxygens (including phenoxy) is 2. The molecule has 0 aromatic rings. The Balaban J connectivity index is 4.67. The Morgan fingerprint density at radius 3 is 1.68 bits per heavy atom. The lowest BCUT2D eigenvalue weighted by Crippen LogP contribution is -2.35. The van der Waals surface area contributed by atoms with Gasteiger partial charge in [0.2, 0.25) is 0 Å². The summed E-state index contributed by atoms with van der Waals surface area (Å²) >= 11 is 1.93. The average Bonchev–Trinajstić information content (AvgIpc) is 2.06. The van der Waals surface area contributed by atoms with E-state index in [0.717, 1.165) is 19.4 Å². The van der Waals surface area contributed by atoms with Gasteiger partial charge in [-0.05, 0) is 52.9 Å². The van der Waals surface area contributed by atoms with Crippen LogP contribution in [0.15, 0.2) is 0 Å². The molecule has 3 heteroatoms. The van der Waals surface area contributed by atoms with Crippen LogP contribution < -0.4 is 0 Å². The van der Waals surface area contributed by atoms with E-state index >= 15 is 0 Å². The fraction of sp³-hybridized carbons (Fsp3) is 1.00. The second-order valence-electron chi connectivity index (χ2n) is 10.0. The minimum Gasteiger partial charge on any atom is -0.376 e. The van der Waals surface area contributed by atoms with Gasteiger partial charge in [-0.25, -0.2) is 0 Å². The van der Waals surface area contributed by atoms with Gasteiger partial charge in [0.05, 0.1) is 11.2 Å². The maximum atomic E-state index is 6.49. The van der Waals surface area contributed by atoms with E-state index < -0.39 is 0 Å². The van der Waals surface area contributed by atoms with Crippen molar-refractivity contribution in [2.45, 2.75) is 110 Å². The largest absolute Gasteiger partial charge is 0.376 e. The first-order valence-corrected chi connectivity index (χ1v) is 9.37. The lowest BCUT2D eigenvalue weighted by molar-refractivity contribution is -0.0811. The summed E-state index contributed by atoms with van der Waals surface area (Å²) in [5.41, 5.74) is 0.228. The molecule has 1 unspecified atom stereocenters. The maximum Gasteiger partial charge on any atom is 0.104 e. The highest BCUT2D eigenvalue weighted by molar-refractivity contribution is 8.01. The smallest absolute Gasteiger partial charge is 0.104 e. The van der Waals surface area contributed by atoms with Crippen LogP contribution in [-0.4, -0.2) is 28.0 Å². The van der Waals surface area contributed by atoms with Gasteiger partial charge < -0.3 is 9.47 Å². The Hall–Kier alpha value is 0.270. The van der Waals surface area contributed by atoms with Crippen molar-refractivity contribution >= 4 is 11.8 Å². The first-order valence-electron chi connectivity index (χ1n) is 8.49. The fourth-order valence-corrected chi connectivity index (χ4v) is 3.70. The molecule has 0 saturated heterocycles. The monoisotopic (exact) mass is 332 g/mol.